The van der Waals surface area contributed by atoms with Gasteiger partial charge in [0.2, 0.25) is 0 Å². The number of nitrogens with zero attached hydrogens (tertiary/aromatic N) is 1. The molecule has 0 saturated carbocycles. The molecule has 0 aliphatic rings. The first-order valence-corrected chi connectivity index (χ1v) is 4.10. The highest BCUT2D eigenvalue weighted by Gasteiger charge is 2.11. The fourth-order valence-electron chi connectivity index (χ4n) is 1.13. The Morgan fingerprint density at radius 2 is 2.15 bits per heavy atom. The molecule has 0 bridgehead atoms. The van der Waals surface area contributed by atoms with Crippen LogP contribution in [0.25, 0.3) is 0 Å². The number of nitro groups is 1. The Labute approximate surface area is 77.5 Å². The van der Waals surface area contributed by atoms with E-state index in [1.54, 1.807) is 19.1 Å². The summed E-state index contributed by atoms with van der Waals surface area (Å²) in [5, 5.41) is 10.6. The van der Waals surface area contributed by atoms with Crippen molar-refractivity contribution >= 4 is 5.69 Å². The van der Waals surface area contributed by atoms with Gasteiger partial charge in [-0.1, -0.05) is 19.1 Å². The largest absolute Gasteiger partial charge is 0.272 e. The lowest BCUT2D eigenvalue weighted by Crippen LogP contribution is -1.95. The van der Waals surface area contributed by atoms with E-state index < -0.39 is 0 Å². The van der Waals surface area contributed by atoms with Crippen LogP contribution < -0.4 is 0 Å². The van der Waals surface area contributed by atoms with Crippen molar-refractivity contribution in [2.45, 2.75) is 19.8 Å². The van der Waals surface area contributed by atoms with Gasteiger partial charge in [0.25, 0.3) is 5.69 Å². The van der Waals surface area contributed by atoms with Gasteiger partial charge in [-0.3, -0.25) is 10.1 Å². The average molecular weight is 178 g/mol. The Morgan fingerprint density at radius 3 is 2.62 bits per heavy atom. The summed E-state index contributed by atoms with van der Waals surface area (Å²) in [4.78, 5) is 10.2. The second-order valence-corrected chi connectivity index (χ2v) is 3.20. The molecule has 1 rings (SSSR count). The van der Waals surface area contributed by atoms with Crippen LogP contribution in [-0.4, -0.2) is 4.92 Å². The van der Waals surface area contributed by atoms with Crippen LogP contribution in [0, 0.1) is 24.0 Å². The molecule has 0 saturated heterocycles. The van der Waals surface area contributed by atoms with Crippen LogP contribution in [0.2, 0.25) is 0 Å². The highest BCUT2D eigenvalue weighted by molar-refractivity contribution is 5.43. The van der Waals surface area contributed by atoms with E-state index in [1.165, 1.54) is 0 Å². The minimum absolute atomic E-state index is 0.0827. The van der Waals surface area contributed by atoms with Gasteiger partial charge in [0, 0.05) is 11.6 Å². The molecule has 13 heavy (non-hydrogen) atoms. The number of hydrogen-bond acceptors (Lipinski definition) is 2. The molecule has 1 aromatic carbocycles. The number of aryl methyl sites for hydroxylation is 1. The lowest BCUT2D eigenvalue weighted by Gasteiger charge is -2.05. The molecule has 0 N–H and O–H groups in total. The van der Waals surface area contributed by atoms with E-state index in [-0.39, 0.29) is 16.5 Å². The molecule has 0 spiro atoms. The van der Waals surface area contributed by atoms with Gasteiger partial charge in [0.15, 0.2) is 0 Å². The van der Waals surface area contributed by atoms with Crippen molar-refractivity contribution in [2.24, 2.45) is 0 Å². The Bertz CT molecular complexity index is 332. The Morgan fingerprint density at radius 1 is 1.54 bits per heavy atom. The van der Waals surface area contributed by atoms with Gasteiger partial charge in [-0.25, -0.2) is 0 Å². The van der Waals surface area contributed by atoms with E-state index in [1.807, 2.05) is 13.0 Å². The van der Waals surface area contributed by atoms with Crippen molar-refractivity contribution in [1.82, 2.24) is 0 Å². The highest BCUT2D eigenvalue weighted by atomic mass is 16.6. The number of hydrogen-bond donors (Lipinski definition) is 0. The van der Waals surface area contributed by atoms with Crippen molar-refractivity contribution in [3.05, 3.63) is 46.4 Å². The average Bonchev–Trinajstić information content (AvgIpc) is 2.04. The monoisotopic (exact) mass is 178 g/mol. The SMILES string of the molecule is [CH2]C(C)c1ccc(C)c([N+](=O)[O-])c1. The summed E-state index contributed by atoms with van der Waals surface area (Å²) in [6, 6.07) is 5.22. The van der Waals surface area contributed by atoms with Crippen molar-refractivity contribution in [1.29, 1.82) is 0 Å². The van der Waals surface area contributed by atoms with Crippen molar-refractivity contribution in [2.75, 3.05) is 0 Å². The molecule has 0 aromatic heterocycles. The molecule has 0 fully saturated rings. The predicted octanol–water partition coefficient (Wildman–Crippen LogP) is 2.84. The third kappa shape index (κ3) is 2.05. The van der Waals surface area contributed by atoms with Crippen molar-refractivity contribution < 1.29 is 4.92 Å². The maximum Gasteiger partial charge on any atom is 0.272 e. The highest BCUT2D eigenvalue weighted by Crippen LogP contribution is 2.23. The maximum absolute atomic E-state index is 10.6. The maximum atomic E-state index is 10.6. The first kappa shape index (κ1) is 9.71. The summed E-state index contributed by atoms with van der Waals surface area (Å²) in [5.41, 5.74) is 1.76. The molecule has 0 aliphatic heterocycles. The van der Waals surface area contributed by atoms with Gasteiger partial charge in [0.1, 0.15) is 0 Å². The number of benzene rings is 1. The van der Waals surface area contributed by atoms with Gasteiger partial charge in [-0.2, -0.15) is 0 Å². The second kappa shape index (κ2) is 3.56. The Kier molecular flexibility index (Phi) is 2.66. The topological polar surface area (TPSA) is 43.1 Å². The molecular weight excluding hydrogens is 166 g/mol. The minimum Gasteiger partial charge on any atom is -0.258 e. The van der Waals surface area contributed by atoms with Crippen LogP contribution in [0.4, 0.5) is 5.69 Å². The molecule has 1 radical (unpaired) electrons. The van der Waals surface area contributed by atoms with E-state index in [9.17, 15) is 10.1 Å². The van der Waals surface area contributed by atoms with Crippen molar-refractivity contribution in [3.8, 4) is 0 Å². The zero-order chi connectivity index (χ0) is 10.0. The Hall–Kier alpha value is -1.38. The fraction of sp³-hybridized carbons (Fsp3) is 0.300. The fourth-order valence-corrected chi connectivity index (χ4v) is 1.13. The molecule has 0 amide bonds. The summed E-state index contributed by atoms with van der Waals surface area (Å²) in [6.45, 7) is 7.46. The summed E-state index contributed by atoms with van der Waals surface area (Å²) < 4.78 is 0. The summed E-state index contributed by atoms with van der Waals surface area (Å²) in [5.74, 6) is 0.0827. The zero-order valence-corrected chi connectivity index (χ0v) is 7.78. The smallest absolute Gasteiger partial charge is 0.258 e. The molecule has 1 unspecified atom stereocenters. The van der Waals surface area contributed by atoms with E-state index in [4.69, 9.17) is 0 Å². The summed E-state index contributed by atoms with van der Waals surface area (Å²) in [7, 11) is 0. The van der Waals surface area contributed by atoms with Gasteiger partial charge in [-0.05, 0) is 25.3 Å². The molecule has 69 valence electrons. The van der Waals surface area contributed by atoms with Crippen molar-refractivity contribution in [3.63, 3.8) is 0 Å². The number of nitro benzene ring substituents is 1. The minimum atomic E-state index is -0.360. The molecule has 0 heterocycles. The van der Waals surface area contributed by atoms with Crippen LogP contribution in [0.1, 0.15) is 24.0 Å². The first-order chi connectivity index (χ1) is 6.02. The quantitative estimate of drug-likeness (QED) is 0.516. The van der Waals surface area contributed by atoms with E-state index in [2.05, 4.69) is 6.92 Å². The Balaban J connectivity index is 3.19. The predicted molar refractivity (Wildman–Crippen MR) is 51.6 cm³/mol. The molecule has 3 nitrogen and oxygen atoms in total. The molecule has 1 atom stereocenters. The normalized spacial score (nSPS) is 10.5. The van der Waals surface area contributed by atoms with Crippen LogP contribution in [0.15, 0.2) is 18.2 Å². The van der Waals surface area contributed by atoms with E-state index in [0.717, 1.165) is 5.56 Å². The third-order valence-corrected chi connectivity index (χ3v) is 2.00. The zero-order valence-electron chi connectivity index (χ0n) is 7.78. The molecule has 1 aromatic rings. The lowest BCUT2D eigenvalue weighted by molar-refractivity contribution is -0.385. The molecular formula is C10H12NO2. The first-order valence-electron chi connectivity index (χ1n) is 4.10. The van der Waals surface area contributed by atoms with Crippen LogP contribution in [0.5, 0.6) is 0 Å². The molecule has 3 heteroatoms. The van der Waals surface area contributed by atoms with E-state index >= 15 is 0 Å². The number of rotatable bonds is 2. The summed E-state index contributed by atoms with van der Waals surface area (Å²) in [6.07, 6.45) is 0. The van der Waals surface area contributed by atoms with Crippen LogP contribution >= 0.6 is 0 Å². The third-order valence-electron chi connectivity index (χ3n) is 2.00. The second-order valence-electron chi connectivity index (χ2n) is 3.20. The van der Waals surface area contributed by atoms with Gasteiger partial charge in [-0.15, -0.1) is 0 Å². The standard InChI is InChI=1S/C10H12NO2/c1-7(2)9-5-4-8(3)10(6-9)11(12)13/h4-7H,1H2,2-3H3. The van der Waals surface area contributed by atoms with Gasteiger partial charge < -0.3 is 0 Å². The van der Waals surface area contributed by atoms with Gasteiger partial charge >= 0.3 is 0 Å². The van der Waals surface area contributed by atoms with Crippen LogP contribution in [-0.2, 0) is 0 Å². The summed E-state index contributed by atoms with van der Waals surface area (Å²) >= 11 is 0. The van der Waals surface area contributed by atoms with Gasteiger partial charge in [0.05, 0.1) is 4.92 Å². The molecule has 0 aliphatic carbocycles. The lowest BCUT2D eigenvalue weighted by atomic mass is 10.0. The van der Waals surface area contributed by atoms with Crippen LogP contribution in [0.3, 0.4) is 0 Å². The van der Waals surface area contributed by atoms with E-state index in [0.29, 0.717) is 5.56 Å².